The van der Waals surface area contributed by atoms with Crippen molar-refractivity contribution in [2.75, 3.05) is 6.54 Å². The third kappa shape index (κ3) is 2.39. The maximum absolute atomic E-state index is 14.9. The van der Waals surface area contributed by atoms with Gasteiger partial charge >= 0.3 is 0 Å². The van der Waals surface area contributed by atoms with Crippen LogP contribution in [0.3, 0.4) is 0 Å². The first-order chi connectivity index (χ1) is 13.5. The van der Waals surface area contributed by atoms with Gasteiger partial charge in [0.1, 0.15) is 16.9 Å². The molecule has 4 aliphatic rings. The number of hydrogen-bond donors (Lipinski definition) is 1. The van der Waals surface area contributed by atoms with Crippen LogP contribution in [0.1, 0.15) is 17.5 Å². The second kappa shape index (κ2) is 5.97. The average molecular weight is 397 g/mol. The standard InChI is InChI=1S/C20H13F2N3O2S/c21-15-5-13(15)18-14-8-24-20(26)19(14)28(27)25-9-16(22)12(6-17(18)25)11-3-1-2-10(4-11)7-23/h1-4,6,9,13,15H,5,8H2,(H,24,26). The van der Waals surface area contributed by atoms with Gasteiger partial charge in [-0.25, -0.2) is 13.0 Å². The molecule has 140 valence electrons. The van der Waals surface area contributed by atoms with E-state index in [1.54, 1.807) is 24.3 Å². The molecular weight excluding hydrogens is 384 g/mol. The molecule has 3 atom stereocenters. The van der Waals surface area contributed by atoms with Crippen molar-refractivity contribution in [3.05, 3.63) is 75.2 Å². The van der Waals surface area contributed by atoms with E-state index in [0.717, 1.165) is 6.20 Å². The molecule has 0 saturated heterocycles. The number of benzene rings is 1. The van der Waals surface area contributed by atoms with Gasteiger partial charge in [0, 0.05) is 23.6 Å². The van der Waals surface area contributed by atoms with Crippen molar-refractivity contribution in [3.63, 3.8) is 0 Å². The zero-order valence-electron chi connectivity index (χ0n) is 14.4. The van der Waals surface area contributed by atoms with Crippen LogP contribution in [-0.2, 0) is 15.8 Å². The topological polar surface area (TPSA) is 73.2 Å². The molecule has 8 heteroatoms. The van der Waals surface area contributed by atoms with Crippen LogP contribution in [0.25, 0.3) is 5.57 Å². The second-order valence-corrected chi connectivity index (χ2v) is 8.25. The molecule has 1 aromatic carbocycles. The van der Waals surface area contributed by atoms with Gasteiger partial charge in [-0.05, 0) is 35.8 Å². The third-order valence-electron chi connectivity index (χ3n) is 5.25. The summed E-state index contributed by atoms with van der Waals surface area (Å²) in [5.74, 6) is -1.50. The van der Waals surface area contributed by atoms with Crippen LogP contribution >= 0.6 is 0 Å². The van der Waals surface area contributed by atoms with Crippen molar-refractivity contribution in [2.45, 2.75) is 12.6 Å². The van der Waals surface area contributed by atoms with Gasteiger partial charge in [-0.2, -0.15) is 5.26 Å². The fraction of sp³-hybridized carbons (Fsp3) is 0.200. The molecule has 1 saturated carbocycles. The predicted octanol–water partition coefficient (Wildman–Crippen LogP) is 2.74. The minimum Gasteiger partial charge on any atom is -0.347 e. The summed E-state index contributed by atoms with van der Waals surface area (Å²) in [6.45, 7) is 0.190. The van der Waals surface area contributed by atoms with Crippen LogP contribution in [0.5, 0.6) is 0 Å². The molecule has 28 heavy (non-hydrogen) atoms. The lowest BCUT2D eigenvalue weighted by atomic mass is 9.94. The normalized spacial score (nSPS) is 28.2. The fourth-order valence-electron chi connectivity index (χ4n) is 3.82. The number of alkyl halides is 1. The quantitative estimate of drug-likeness (QED) is 0.834. The van der Waals surface area contributed by atoms with E-state index >= 15 is 0 Å². The SMILES string of the molecule is N#Cc1cccc(C2=CC3=C(C4CC4F)C4=C(C(=O)NC4)S(=O)N3C=C2F)c1. The van der Waals surface area contributed by atoms with Crippen LogP contribution in [0, 0.1) is 17.2 Å². The summed E-state index contributed by atoms with van der Waals surface area (Å²) < 4.78 is 43.0. The van der Waals surface area contributed by atoms with Crippen molar-refractivity contribution >= 4 is 22.5 Å². The lowest BCUT2D eigenvalue weighted by molar-refractivity contribution is -0.116. The number of nitrogens with one attached hydrogen (secondary N) is 1. The van der Waals surface area contributed by atoms with Gasteiger partial charge in [0.25, 0.3) is 5.91 Å². The average Bonchev–Trinajstić information content (AvgIpc) is 3.28. The van der Waals surface area contributed by atoms with Crippen molar-refractivity contribution in [1.82, 2.24) is 9.62 Å². The summed E-state index contributed by atoms with van der Waals surface area (Å²) in [6, 6.07) is 8.53. The van der Waals surface area contributed by atoms with Gasteiger partial charge in [-0.3, -0.25) is 9.10 Å². The number of carbonyl (C=O) groups excluding carboxylic acids is 1. The van der Waals surface area contributed by atoms with Gasteiger partial charge in [-0.1, -0.05) is 12.1 Å². The van der Waals surface area contributed by atoms with Gasteiger partial charge in [0.05, 0.1) is 23.5 Å². The molecule has 0 radical (unpaired) electrons. The number of allylic oxidation sites excluding steroid dienone is 3. The Hall–Kier alpha value is -3.05. The van der Waals surface area contributed by atoms with E-state index in [9.17, 15) is 17.8 Å². The van der Waals surface area contributed by atoms with Gasteiger partial charge in [-0.15, -0.1) is 0 Å². The molecule has 0 spiro atoms. The number of hydrogen-bond acceptors (Lipinski definition) is 3. The van der Waals surface area contributed by atoms with E-state index in [-0.39, 0.29) is 17.0 Å². The molecule has 0 aromatic heterocycles. The Morgan fingerprint density at radius 2 is 2.14 bits per heavy atom. The Balaban J connectivity index is 1.72. The maximum Gasteiger partial charge on any atom is 0.262 e. The molecule has 1 N–H and O–H groups in total. The predicted molar refractivity (Wildman–Crippen MR) is 98.4 cm³/mol. The minimum atomic E-state index is -1.90. The number of halogens is 2. The van der Waals surface area contributed by atoms with Crippen molar-refractivity contribution in [2.24, 2.45) is 5.92 Å². The van der Waals surface area contributed by atoms with Crippen molar-refractivity contribution < 1.29 is 17.8 Å². The summed E-state index contributed by atoms with van der Waals surface area (Å²) in [4.78, 5) is 12.2. The van der Waals surface area contributed by atoms with Gasteiger partial charge in [0.2, 0.25) is 0 Å². The second-order valence-electron chi connectivity index (χ2n) is 6.95. The first-order valence-corrected chi connectivity index (χ1v) is 9.81. The lowest BCUT2D eigenvalue weighted by Crippen LogP contribution is -2.31. The Labute approximate surface area is 161 Å². The molecule has 1 amide bonds. The highest BCUT2D eigenvalue weighted by Crippen LogP contribution is 2.50. The summed E-state index contributed by atoms with van der Waals surface area (Å²) in [6.07, 6.45) is 1.92. The summed E-state index contributed by atoms with van der Waals surface area (Å²) in [5.41, 5.74) is 2.72. The highest BCUT2D eigenvalue weighted by atomic mass is 32.2. The molecule has 1 aliphatic carbocycles. The zero-order valence-corrected chi connectivity index (χ0v) is 15.2. The van der Waals surface area contributed by atoms with Crippen LogP contribution < -0.4 is 5.32 Å². The highest BCUT2D eigenvalue weighted by Gasteiger charge is 2.49. The largest absolute Gasteiger partial charge is 0.347 e. The van der Waals surface area contributed by atoms with Crippen LogP contribution in [-0.4, -0.2) is 27.1 Å². The molecule has 1 fully saturated rings. The van der Waals surface area contributed by atoms with Crippen LogP contribution in [0.4, 0.5) is 8.78 Å². The summed E-state index contributed by atoms with van der Waals surface area (Å²) in [5, 5.41) is 11.7. The van der Waals surface area contributed by atoms with E-state index in [4.69, 9.17) is 5.26 Å². The number of amides is 1. The van der Waals surface area contributed by atoms with E-state index in [0.29, 0.717) is 34.4 Å². The fourth-order valence-corrected chi connectivity index (χ4v) is 5.16. The Morgan fingerprint density at radius 3 is 2.86 bits per heavy atom. The highest BCUT2D eigenvalue weighted by molar-refractivity contribution is 7.88. The van der Waals surface area contributed by atoms with Gasteiger partial charge < -0.3 is 5.32 Å². The smallest absolute Gasteiger partial charge is 0.262 e. The van der Waals surface area contributed by atoms with E-state index in [1.165, 1.54) is 10.4 Å². The minimum absolute atomic E-state index is 0.0743. The van der Waals surface area contributed by atoms with Crippen LogP contribution in [0.15, 0.2) is 64.1 Å². The van der Waals surface area contributed by atoms with Gasteiger partial charge in [0.15, 0.2) is 11.0 Å². The first kappa shape index (κ1) is 17.1. The Bertz CT molecular complexity index is 1140. The third-order valence-corrected chi connectivity index (χ3v) is 6.69. The van der Waals surface area contributed by atoms with Crippen LogP contribution in [0.2, 0.25) is 0 Å². The first-order valence-electron chi connectivity index (χ1n) is 8.70. The molecule has 3 aliphatic heterocycles. The number of carbonyl (C=O) groups is 1. The molecule has 5 rings (SSSR count). The summed E-state index contributed by atoms with van der Waals surface area (Å²) in [7, 11) is -1.90. The van der Waals surface area contributed by atoms with E-state index < -0.39 is 34.8 Å². The monoisotopic (exact) mass is 397 g/mol. The molecule has 1 aromatic rings. The lowest BCUT2D eigenvalue weighted by Gasteiger charge is -2.32. The molecule has 3 heterocycles. The zero-order chi connectivity index (χ0) is 19.6. The molecular formula is C20H13F2N3O2S. The molecule has 3 unspecified atom stereocenters. The molecule has 5 nitrogen and oxygen atoms in total. The van der Waals surface area contributed by atoms with E-state index in [1.807, 2.05) is 6.07 Å². The Morgan fingerprint density at radius 1 is 1.36 bits per heavy atom. The van der Waals surface area contributed by atoms with E-state index in [2.05, 4.69) is 5.32 Å². The van der Waals surface area contributed by atoms with Crippen molar-refractivity contribution in [1.29, 1.82) is 5.26 Å². The maximum atomic E-state index is 14.9. The molecule has 0 bridgehead atoms. The number of rotatable bonds is 2. The number of fused-ring (bicyclic) bond motifs is 1. The number of nitriles is 1. The van der Waals surface area contributed by atoms with Crippen molar-refractivity contribution in [3.8, 4) is 6.07 Å². The summed E-state index contributed by atoms with van der Waals surface area (Å²) >= 11 is 0. The Kier molecular flexibility index (Phi) is 3.64. The number of nitrogens with zero attached hydrogens (tertiary/aromatic N) is 2.